The van der Waals surface area contributed by atoms with Gasteiger partial charge in [0.25, 0.3) is 12.5 Å². The molecule has 0 aliphatic rings. The highest BCUT2D eigenvalue weighted by Gasteiger charge is 1.97. The Balaban J connectivity index is 3.23. The smallest absolute Gasteiger partial charge is 0.300 e. The first kappa shape index (κ1) is 6.96. The molecule has 0 saturated heterocycles. The number of rotatable bonds is 2. The standard InChI is InChI=1S/C5H8N2O/c1-3-7-5(8)4-6-2/h3-4H2,1H3,(H,7,8). The lowest BCUT2D eigenvalue weighted by molar-refractivity contribution is -0.119. The van der Waals surface area contributed by atoms with E-state index in [1.54, 1.807) is 0 Å². The Bertz CT molecular complexity index is 114. The maximum absolute atomic E-state index is 10.3. The molecule has 8 heavy (non-hydrogen) atoms. The SMILES string of the molecule is [C-]#[N+]CC(=O)NCC. The predicted molar refractivity (Wildman–Crippen MR) is 30.2 cm³/mol. The lowest BCUT2D eigenvalue weighted by Gasteiger charge is -1.90. The van der Waals surface area contributed by atoms with E-state index in [1.165, 1.54) is 0 Å². The van der Waals surface area contributed by atoms with Crippen molar-refractivity contribution in [3.8, 4) is 0 Å². The van der Waals surface area contributed by atoms with E-state index in [1.807, 2.05) is 6.92 Å². The van der Waals surface area contributed by atoms with Crippen molar-refractivity contribution in [1.82, 2.24) is 5.32 Å². The summed E-state index contributed by atoms with van der Waals surface area (Å²) < 4.78 is 0. The summed E-state index contributed by atoms with van der Waals surface area (Å²) in [7, 11) is 0. The van der Waals surface area contributed by atoms with Gasteiger partial charge in [-0.2, -0.15) is 0 Å². The van der Waals surface area contributed by atoms with Crippen molar-refractivity contribution >= 4 is 5.91 Å². The topological polar surface area (TPSA) is 33.5 Å². The quantitative estimate of drug-likeness (QED) is 0.503. The number of hydrogen-bond donors (Lipinski definition) is 1. The minimum atomic E-state index is -0.192. The first-order valence-electron chi connectivity index (χ1n) is 2.41. The van der Waals surface area contributed by atoms with E-state index in [2.05, 4.69) is 10.2 Å². The van der Waals surface area contributed by atoms with Crippen LogP contribution in [0.2, 0.25) is 0 Å². The molecule has 3 heteroatoms. The van der Waals surface area contributed by atoms with Gasteiger partial charge in [-0.25, -0.2) is 6.57 Å². The second kappa shape index (κ2) is 4.13. The first-order valence-corrected chi connectivity index (χ1v) is 2.41. The zero-order valence-corrected chi connectivity index (χ0v) is 4.77. The third-order valence-corrected chi connectivity index (χ3v) is 0.597. The maximum atomic E-state index is 10.3. The van der Waals surface area contributed by atoms with Crippen molar-refractivity contribution in [2.24, 2.45) is 0 Å². The monoisotopic (exact) mass is 112 g/mol. The molecule has 0 radical (unpaired) electrons. The molecule has 44 valence electrons. The number of carbonyl (C=O) groups excluding carboxylic acids is 1. The van der Waals surface area contributed by atoms with Gasteiger partial charge in [0.05, 0.1) is 0 Å². The third-order valence-electron chi connectivity index (χ3n) is 0.597. The van der Waals surface area contributed by atoms with Crippen LogP contribution in [0.1, 0.15) is 6.92 Å². The number of likely N-dealkylation sites (N-methyl/N-ethyl adjacent to an activating group) is 1. The van der Waals surface area contributed by atoms with Gasteiger partial charge in [0.1, 0.15) is 0 Å². The lowest BCUT2D eigenvalue weighted by Crippen LogP contribution is -2.24. The molecule has 0 rings (SSSR count). The van der Waals surface area contributed by atoms with Crippen LogP contribution in [0.15, 0.2) is 0 Å². The van der Waals surface area contributed by atoms with E-state index in [-0.39, 0.29) is 12.5 Å². The summed E-state index contributed by atoms with van der Waals surface area (Å²) in [6.07, 6.45) is 0. The van der Waals surface area contributed by atoms with Crippen LogP contribution in [0, 0.1) is 6.57 Å². The molecule has 0 bridgehead atoms. The van der Waals surface area contributed by atoms with Crippen molar-refractivity contribution < 1.29 is 4.79 Å². The van der Waals surface area contributed by atoms with Crippen LogP contribution in [0.25, 0.3) is 4.85 Å². The normalized spacial score (nSPS) is 7.50. The molecule has 1 N–H and O–H groups in total. The van der Waals surface area contributed by atoms with Crippen molar-refractivity contribution in [2.45, 2.75) is 6.92 Å². The van der Waals surface area contributed by atoms with E-state index in [4.69, 9.17) is 6.57 Å². The Hall–Kier alpha value is -1.04. The first-order chi connectivity index (χ1) is 3.81. The number of amides is 1. The molecule has 0 aliphatic carbocycles. The Morgan fingerprint density at radius 3 is 2.88 bits per heavy atom. The lowest BCUT2D eigenvalue weighted by atomic mass is 10.6. The molecule has 0 saturated carbocycles. The minimum absolute atomic E-state index is 0.0478. The van der Waals surface area contributed by atoms with Gasteiger partial charge >= 0.3 is 0 Å². The molecule has 0 unspecified atom stereocenters. The molecule has 0 aromatic rings. The second-order valence-corrected chi connectivity index (χ2v) is 1.27. The van der Waals surface area contributed by atoms with E-state index in [9.17, 15) is 4.79 Å². The third kappa shape index (κ3) is 3.16. The van der Waals surface area contributed by atoms with Gasteiger partial charge in [0.2, 0.25) is 0 Å². The van der Waals surface area contributed by atoms with Gasteiger partial charge in [0.15, 0.2) is 0 Å². The Kier molecular flexibility index (Phi) is 3.59. The van der Waals surface area contributed by atoms with Crippen molar-refractivity contribution in [1.29, 1.82) is 0 Å². The largest absolute Gasteiger partial charge is 0.350 e. The average molecular weight is 112 g/mol. The van der Waals surface area contributed by atoms with E-state index < -0.39 is 0 Å². The Labute approximate surface area is 48.5 Å². The Morgan fingerprint density at radius 2 is 2.50 bits per heavy atom. The molecule has 1 amide bonds. The summed E-state index contributed by atoms with van der Waals surface area (Å²) in [5.41, 5.74) is 0. The number of nitrogens with one attached hydrogen (secondary N) is 1. The molecule has 0 fully saturated rings. The van der Waals surface area contributed by atoms with E-state index in [0.29, 0.717) is 6.54 Å². The van der Waals surface area contributed by atoms with Gasteiger partial charge < -0.3 is 10.2 Å². The highest BCUT2D eigenvalue weighted by Crippen LogP contribution is 1.66. The highest BCUT2D eigenvalue weighted by molar-refractivity contribution is 5.79. The van der Waals surface area contributed by atoms with Crippen molar-refractivity contribution in [2.75, 3.05) is 13.1 Å². The summed E-state index contributed by atoms with van der Waals surface area (Å²) in [5, 5.41) is 2.49. The summed E-state index contributed by atoms with van der Waals surface area (Å²) in [4.78, 5) is 13.2. The molecule has 0 aliphatic heterocycles. The molecular formula is C5H8N2O. The van der Waals surface area contributed by atoms with Crippen molar-refractivity contribution in [3.05, 3.63) is 11.4 Å². The minimum Gasteiger partial charge on any atom is -0.350 e. The number of nitrogens with zero attached hydrogens (tertiary/aromatic N) is 1. The fourth-order valence-electron chi connectivity index (χ4n) is 0.325. The number of carbonyl (C=O) groups is 1. The molecule has 0 aromatic heterocycles. The fourth-order valence-corrected chi connectivity index (χ4v) is 0.325. The second-order valence-electron chi connectivity index (χ2n) is 1.27. The Morgan fingerprint density at radius 1 is 1.88 bits per heavy atom. The van der Waals surface area contributed by atoms with Gasteiger partial charge in [-0.05, 0) is 6.92 Å². The molecule has 0 spiro atoms. The van der Waals surface area contributed by atoms with Gasteiger partial charge in [-0.1, -0.05) is 0 Å². The zero-order valence-electron chi connectivity index (χ0n) is 4.77. The van der Waals surface area contributed by atoms with Gasteiger partial charge in [-0.15, -0.1) is 0 Å². The summed E-state index contributed by atoms with van der Waals surface area (Å²) in [5.74, 6) is -0.192. The molecule has 3 nitrogen and oxygen atoms in total. The zero-order chi connectivity index (χ0) is 6.41. The van der Waals surface area contributed by atoms with Crippen molar-refractivity contribution in [3.63, 3.8) is 0 Å². The fraction of sp³-hybridized carbons (Fsp3) is 0.600. The van der Waals surface area contributed by atoms with Gasteiger partial charge in [-0.3, -0.25) is 4.79 Å². The predicted octanol–water partition coefficient (Wildman–Crippen LogP) is 0.0418. The molecular weight excluding hydrogens is 104 g/mol. The van der Waals surface area contributed by atoms with Crippen LogP contribution in [0.4, 0.5) is 0 Å². The van der Waals surface area contributed by atoms with Crippen LogP contribution in [0.5, 0.6) is 0 Å². The van der Waals surface area contributed by atoms with E-state index in [0.717, 1.165) is 0 Å². The summed E-state index contributed by atoms with van der Waals surface area (Å²) in [6, 6.07) is 0. The highest BCUT2D eigenvalue weighted by atomic mass is 16.1. The van der Waals surface area contributed by atoms with Gasteiger partial charge in [0, 0.05) is 6.54 Å². The average Bonchev–Trinajstić information content (AvgIpc) is 1.68. The van der Waals surface area contributed by atoms with Crippen LogP contribution >= 0.6 is 0 Å². The maximum Gasteiger partial charge on any atom is 0.300 e. The van der Waals surface area contributed by atoms with Crippen LogP contribution in [-0.2, 0) is 4.79 Å². The number of hydrogen-bond acceptors (Lipinski definition) is 1. The molecule has 0 atom stereocenters. The van der Waals surface area contributed by atoms with Crippen LogP contribution < -0.4 is 5.32 Å². The van der Waals surface area contributed by atoms with Crippen LogP contribution in [-0.4, -0.2) is 19.0 Å². The molecule has 0 heterocycles. The summed E-state index contributed by atoms with van der Waals surface area (Å²) in [6.45, 7) is 8.65. The van der Waals surface area contributed by atoms with Crippen LogP contribution in [0.3, 0.4) is 0 Å². The van der Waals surface area contributed by atoms with E-state index >= 15 is 0 Å². The summed E-state index contributed by atoms with van der Waals surface area (Å²) >= 11 is 0. The molecule has 0 aromatic carbocycles.